The van der Waals surface area contributed by atoms with E-state index in [1.807, 2.05) is 0 Å². The van der Waals surface area contributed by atoms with Crippen LogP contribution in [0.2, 0.25) is 0 Å². The molecule has 1 N–H and O–H groups in total. The van der Waals surface area contributed by atoms with Gasteiger partial charge in [-0.25, -0.2) is 0 Å². The van der Waals surface area contributed by atoms with Gasteiger partial charge >= 0.3 is 0 Å². The van der Waals surface area contributed by atoms with Crippen LogP contribution >= 0.6 is 0 Å². The molecule has 0 aromatic carbocycles. The molecule has 0 aromatic heterocycles. The molecule has 0 amide bonds. The summed E-state index contributed by atoms with van der Waals surface area (Å²) in [6.45, 7) is 3.45. The summed E-state index contributed by atoms with van der Waals surface area (Å²) >= 11 is 0. The third-order valence-electron chi connectivity index (χ3n) is 4.65. The molecule has 4 rings (SSSR count). The van der Waals surface area contributed by atoms with Crippen molar-refractivity contribution in [2.75, 3.05) is 6.54 Å². The van der Waals surface area contributed by atoms with E-state index in [1.165, 1.54) is 38.6 Å². The first-order chi connectivity index (χ1) is 6.79. The zero-order chi connectivity index (χ0) is 9.71. The van der Waals surface area contributed by atoms with E-state index in [0.29, 0.717) is 12.0 Å². The molecule has 2 aliphatic carbocycles. The summed E-state index contributed by atoms with van der Waals surface area (Å²) < 4.78 is 0. The van der Waals surface area contributed by atoms with Crippen molar-refractivity contribution in [3.05, 3.63) is 0 Å². The molecular weight excluding hydrogens is 174 g/mol. The summed E-state index contributed by atoms with van der Waals surface area (Å²) in [6, 6.07) is 1.34. The highest BCUT2D eigenvalue weighted by Crippen LogP contribution is 2.49. The second-order valence-corrected chi connectivity index (χ2v) is 5.52. The Balaban J connectivity index is 1.82. The Morgan fingerprint density at radius 1 is 1.21 bits per heavy atom. The molecule has 2 heterocycles. The Morgan fingerprint density at radius 3 is 2.86 bits per heavy atom. The quantitative estimate of drug-likeness (QED) is 0.724. The van der Waals surface area contributed by atoms with Gasteiger partial charge in [0.2, 0.25) is 0 Å². The molecule has 2 heteroatoms. The van der Waals surface area contributed by atoms with Gasteiger partial charge in [-0.2, -0.15) is 0 Å². The number of aliphatic hydroxyl groups excluding tert-OH is 1. The van der Waals surface area contributed by atoms with Gasteiger partial charge in [0, 0.05) is 12.1 Å². The minimum absolute atomic E-state index is 0.00523. The molecule has 0 unspecified atom stereocenters. The van der Waals surface area contributed by atoms with Gasteiger partial charge in [0.1, 0.15) is 0 Å². The van der Waals surface area contributed by atoms with E-state index in [1.54, 1.807) is 0 Å². The van der Waals surface area contributed by atoms with Crippen molar-refractivity contribution in [2.45, 2.75) is 57.2 Å². The highest BCUT2D eigenvalue weighted by molar-refractivity contribution is 5.05. The molecule has 2 nitrogen and oxygen atoms in total. The lowest BCUT2D eigenvalue weighted by atomic mass is 9.62. The van der Waals surface area contributed by atoms with Gasteiger partial charge < -0.3 is 5.11 Å². The topological polar surface area (TPSA) is 23.5 Å². The summed E-state index contributed by atoms with van der Waals surface area (Å²) in [4.78, 5) is 2.61. The van der Waals surface area contributed by atoms with Crippen molar-refractivity contribution in [2.24, 2.45) is 11.8 Å². The predicted octanol–water partition coefficient (Wildman–Crippen LogP) is 1.63. The Bertz CT molecular complexity index is 230. The number of nitrogens with zero attached hydrogens (tertiary/aromatic N) is 1. The molecule has 4 aliphatic rings. The van der Waals surface area contributed by atoms with Crippen molar-refractivity contribution in [3.8, 4) is 0 Å². The second-order valence-electron chi connectivity index (χ2n) is 5.52. The molecule has 2 aliphatic heterocycles. The summed E-state index contributed by atoms with van der Waals surface area (Å²) in [5.74, 6) is 1.59. The SMILES string of the molecule is CCCN1[C@H]2C[C@@H]3C[C@H](C2)[C@@H](O)[C@H]1C3. The van der Waals surface area contributed by atoms with Crippen molar-refractivity contribution in [1.29, 1.82) is 0 Å². The second kappa shape index (κ2) is 3.21. The van der Waals surface area contributed by atoms with Crippen LogP contribution in [0.3, 0.4) is 0 Å². The van der Waals surface area contributed by atoms with Gasteiger partial charge in [-0.3, -0.25) is 4.90 Å². The minimum Gasteiger partial charge on any atom is -0.391 e. The Hall–Kier alpha value is -0.0800. The molecule has 4 fully saturated rings. The standard InChI is InChI=1S/C12H21NO/c1-2-3-13-10-5-8-4-9(7-10)12(14)11(13)6-8/h8-12,14H,2-7H2,1H3/t8-,9+,10-,11+,12+/m0/s1. The van der Waals surface area contributed by atoms with Crippen molar-refractivity contribution in [1.82, 2.24) is 4.90 Å². The Labute approximate surface area is 86.3 Å². The number of rotatable bonds is 2. The molecule has 4 bridgehead atoms. The summed E-state index contributed by atoms with van der Waals surface area (Å²) in [5, 5.41) is 10.2. The van der Waals surface area contributed by atoms with Gasteiger partial charge in [0.15, 0.2) is 0 Å². The molecule has 5 atom stereocenters. The van der Waals surface area contributed by atoms with Crippen LogP contribution in [0.5, 0.6) is 0 Å². The average Bonchev–Trinajstić information content (AvgIpc) is 2.18. The van der Waals surface area contributed by atoms with E-state index < -0.39 is 0 Å². The first-order valence-corrected chi connectivity index (χ1v) is 6.23. The van der Waals surface area contributed by atoms with E-state index in [-0.39, 0.29) is 6.10 Å². The molecular formula is C12H21NO. The van der Waals surface area contributed by atoms with Crippen LogP contribution in [0.15, 0.2) is 0 Å². The maximum absolute atomic E-state index is 10.2. The largest absolute Gasteiger partial charge is 0.391 e. The molecule has 0 aromatic rings. The molecule has 14 heavy (non-hydrogen) atoms. The van der Waals surface area contributed by atoms with Gasteiger partial charge in [-0.1, -0.05) is 6.92 Å². The van der Waals surface area contributed by atoms with E-state index in [2.05, 4.69) is 11.8 Å². The molecule has 0 radical (unpaired) electrons. The van der Waals surface area contributed by atoms with Gasteiger partial charge in [-0.05, 0) is 50.5 Å². The fourth-order valence-electron chi connectivity index (χ4n) is 4.20. The van der Waals surface area contributed by atoms with Gasteiger partial charge in [0.25, 0.3) is 0 Å². The fourth-order valence-corrected chi connectivity index (χ4v) is 4.20. The van der Waals surface area contributed by atoms with Crippen molar-refractivity contribution in [3.63, 3.8) is 0 Å². The number of piperidine rings is 2. The van der Waals surface area contributed by atoms with E-state index in [0.717, 1.165) is 12.0 Å². The summed E-state index contributed by atoms with van der Waals surface area (Å²) in [5.41, 5.74) is 0. The zero-order valence-corrected chi connectivity index (χ0v) is 9.02. The normalized spacial score (nSPS) is 51.4. The van der Waals surface area contributed by atoms with Gasteiger partial charge in [-0.15, -0.1) is 0 Å². The molecule has 2 saturated carbocycles. The van der Waals surface area contributed by atoms with Crippen LogP contribution in [-0.4, -0.2) is 34.7 Å². The maximum Gasteiger partial charge on any atom is 0.0724 e. The smallest absolute Gasteiger partial charge is 0.0724 e. The predicted molar refractivity (Wildman–Crippen MR) is 56.0 cm³/mol. The molecule has 2 saturated heterocycles. The lowest BCUT2D eigenvalue weighted by molar-refractivity contribution is -0.137. The van der Waals surface area contributed by atoms with Gasteiger partial charge in [0.05, 0.1) is 6.10 Å². The zero-order valence-electron chi connectivity index (χ0n) is 9.02. The third kappa shape index (κ3) is 1.17. The minimum atomic E-state index is -0.00523. The summed E-state index contributed by atoms with van der Waals surface area (Å²) in [6.07, 6.45) is 6.50. The first kappa shape index (κ1) is 9.17. The molecule has 80 valence electrons. The van der Waals surface area contributed by atoms with Crippen LogP contribution < -0.4 is 0 Å². The van der Waals surface area contributed by atoms with Crippen LogP contribution in [0.4, 0.5) is 0 Å². The van der Waals surface area contributed by atoms with Crippen molar-refractivity contribution < 1.29 is 5.11 Å². The molecule has 0 spiro atoms. The monoisotopic (exact) mass is 195 g/mol. The Kier molecular flexibility index (Phi) is 2.10. The highest BCUT2D eigenvalue weighted by Gasteiger charge is 2.51. The number of hydrogen-bond donors (Lipinski definition) is 1. The number of aliphatic hydroxyl groups is 1. The lowest BCUT2D eigenvalue weighted by Gasteiger charge is -2.58. The maximum atomic E-state index is 10.2. The third-order valence-corrected chi connectivity index (χ3v) is 4.65. The van der Waals surface area contributed by atoms with Crippen LogP contribution in [0, 0.1) is 11.8 Å². The van der Waals surface area contributed by atoms with E-state index >= 15 is 0 Å². The Morgan fingerprint density at radius 2 is 2.07 bits per heavy atom. The van der Waals surface area contributed by atoms with Crippen LogP contribution in [-0.2, 0) is 0 Å². The first-order valence-electron chi connectivity index (χ1n) is 6.23. The summed E-state index contributed by atoms with van der Waals surface area (Å²) in [7, 11) is 0. The lowest BCUT2D eigenvalue weighted by Crippen LogP contribution is -2.64. The van der Waals surface area contributed by atoms with Crippen molar-refractivity contribution >= 4 is 0 Å². The van der Waals surface area contributed by atoms with Crippen LogP contribution in [0.1, 0.15) is 39.0 Å². The average molecular weight is 195 g/mol. The fraction of sp³-hybridized carbons (Fsp3) is 1.00. The highest BCUT2D eigenvalue weighted by atomic mass is 16.3. The number of hydrogen-bond acceptors (Lipinski definition) is 2. The van der Waals surface area contributed by atoms with E-state index in [4.69, 9.17) is 0 Å². The van der Waals surface area contributed by atoms with Crippen LogP contribution in [0.25, 0.3) is 0 Å². The van der Waals surface area contributed by atoms with E-state index in [9.17, 15) is 5.11 Å².